The van der Waals surface area contributed by atoms with Gasteiger partial charge in [0.2, 0.25) is 33.4 Å². The van der Waals surface area contributed by atoms with Gasteiger partial charge in [0.25, 0.3) is 0 Å². The molecule has 23 nitrogen and oxygen atoms in total. The van der Waals surface area contributed by atoms with Crippen molar-refractivity contribution in [3.05, 3.63) is 24.3 Å². The van der Waals surface area contributed by atoms with Gasteiger partial charge in [0, 0.05) is 50.8 Å². The lowest BCUT2D eigenvalue weighted by Gasteiger charge is -2.23. The van der Waals surface area contributed by atoms with Crippen LogP contribution >= 0.6 is 0 Å². The summed E-state index contributed by atoms with van der Waals surface area (Å²) in [6, 6.07) is 6.79. The van der Waals surface area contributed by atoms with Gasteiger partial charge in [0.05, 0.1) is 139 Å². The molecule has 0 spiro atoms. The highest BCUT2D eigenvalue weighted by atomic mass is 32.2. The first-order chi connectivity index (χ1) is 45.6. The maximum atomic E-state index is 13.3. The zero-order chi connectivity index (χ0) is 66.9. The van der Waals surface area contributed by atoms with Gasteiger partial charge in [0.15, 0.2) is 0 Å². The predicted octanol–water partition coefficient (Wildman–Crippen LogP) is 10.7. The number of hydrogen-bond acceptors (Lipinski definition) is 20. The van der Waals surface area contributed by atoms with Gasteiger partial charge in [-0.3, -0.25) is 14.4 Å². The number of amides is 3. The fourth-order valence-electron chi connectivity index (χ4n) is 9.62. The molecule has 3 amide bonds. The minimum atomic E-state index is -3.60. The molecule has 2 N–H and O–H groups in total. The van der Waals surface area contributed by atoms with Crippen LogP contribution in [0.25, 0.3) is 11.5 Å². The van der Waals surface area contributed by atoms with Gasteiger partial charge in [-0.1, -0.05) is 173 Å². The highest BCUT2D eigenvalue weighted by molar-refractivity contribution is 7.90. The predicted molar refractivity (Wildman–Crippen MR) is 361 cm³/mol. The van der Waals surface area contributed by atoms with Gasteiger partial charge in [-0.05, 0) is 37.1 Å². The Morgan fingerprint density at radius 2 is 0.710 bits per heavy atom. The number of carbonyl (C=O) groups excluding carboxylic acids is 3. The molecular formula is C69H125N5O18S. The van der Waals surface area contributed by atoms with E-state index in [1.54, 1.807) is 29.2 Å². The van der Waals surface area contributed by atoms with Crippen LogP contribution in [0.15, 0.2) is 33.9 Å². The lowest BCUT2D eigenvalue weighted by Crippen LogP contribution is -2.39. The van der Waals surface area contributed by atoms with Crippen molar-refractivity contribution < 1.29 is 84.1 Å². The number of rotatable bonds is 72. The van der Waals surface area contributed by atoms with Crippen LogP contribution in [-0.4, -0.2) is 226 Å². The van der Waals surface area contributed by atoms with E-state index in [4.69, 9.17) is 61.3 Å². The Bertz CT molecular complexity index is 2040. The van der Waals surface area contributed by atoms with Crippen molar-refractivity contribution in [2.75, 3.05) is 184 Å². The number of ether oxygens (including phenoxy) is 12. The van der Waals surface area contributed by atoms with Crippen molar-refractivity contribution in [1.29, 1.82) is 0 Å². The van der Waals surface area contributed by atoms with Crippen molar-refractivity contribution in [2.45, 2.75) is 199 Å². The highest BCUT2D eigenvalue weighted by Crippen LogP contribution is 2.23. The van der Waals surface area contributed by atoms with E-state index in [1.807, 2.05) is 0 Å². The summed E-state index contributed by atoms with van der Waals surface area (Å²) in [5.41, 5.74) is 0.556. The van der Waals surface area contributed by atoms with Gasteiger partial charge in [-0.2, -0.15) is 0 Å². The van der Waals surface area contributed by atoms with Crippen LogP contribution in [0.3, 0.4) is 0 Å². The first kappa shape index (κ1) is 85.2. The Labute approximate surface area is 559 Å². The Kier molecular flexibility index (Phi) is 58.7. The third-order valence-electron chi connectivity index (χ3n) is 15.0. The number of nitrogens with one attached hydrogen (secondary N) is 2. The number of benzene rings is 1. The molecule has 2 rings (SSSR count). The van der Waals surface area contributed by atoms with Crippen molar-refractivity contribution in [3.63, 3.8) is 0 Å². The Balaban J connectivity index is 1.51. The standard InChI is InChI=1S/C69H125N5O18S/c1-4-6-8-10-12-14-16-18-20-22-24-26-28-30-65(75)70-36-40-80-44-48-84-52-54-86-50-46-82-42-38-74(67(77)62-90-59-58-88-56-57-89-60-61-91-64-34-32-63(33-35-64)68-72-73-69(92-68)93(3,78)79)39-43-83-47-51-87-55-53-85-49-45-81-41-37-71-66(76)31-29-27-25-23-21-19-17-15-13-11-9-7-5-2/h32-35H,4-31,36-62H2,1-3H3,(H,70,75)(H,71,76). The largest absolute Gasteiger partial charge is 0.491 e. The molecule has 0 aliphatic rings. The Hall–Kier alpha value is -3.92. The molecule has 1 aromatic carbocycles. The van der Waals surface area contributed by atoms with Crippen molar-refractivity contribution in [1.82, 2.24) is 25.7 Å². The molecule has 0 bridgehead atoms. The second kappa shape index (κ2) is 64.1. The molecule has 24 heteroatoms. The topological polar surface area (TPSA) is 262 Å². The quantitative estimate of drug-likeness (QED) is 0.0583. The minimum absolute atomic E-state index is 0.0855. The van der Waals surface area contributed by atoms with Crippen molar-refractivity contribution >= 4 is 27.6 Å². The molecule has 1 aromatic heterocycles. The van der Waals surface area contributed by atoms with E-state index in [-0.39, 0.29) is 43.4 Å². The molecule has 2 aromatic rings. The number of sulfone groups is 1. The lowest BCUT2D eigenvalue weighted by molar-refractivity contribution is -0.138. The summed E-state index contributed by atoms with van der Waals surface area (Å²) in [5.74, 6) is 0.643. The summed E-state index contributed by atoms with van der Waals surface area (Å²) >= 11 is 0. The Morgan fingerprint density at radius 1 is 0.398 bits per heavy atom. The molecule has 1 heterocycles. The summed E-state index contributed by atoms with van der Waals surface area (Å²) in [5, 5.41) is 12.8. The monoisotopic (exact) mass is 1340 g/mol. The van der Waals surface area contributed by atoms with Crippen LogP contribution in [0, 0.1) is 0 Å². The van der Waals surface area contributed by atoms with E-state index in [2.05, 4.69) is 34.7 Å². The summed E-state index contributed by atoms with van der Waals surface area (Å²) < 4.78 is 96.4. The second-order valence-corrected chi connectivity index (χ2v) is 25.2. The summed E-state index contributed by atoms with van der Waals surface area (Å²) in [6.45, 7) is 14.1. The van der Waals surface area contributed by atoms with E-state index in [1.165, 1.54) is 141 Å². The van der Waals surface area contributed by atoms with E-state index in [9.17, 15) is 22.8 Å². The molecule has 0 atom stereocenters. The molecular weight excluding hydrogens is 1220 g/mol. The summed E-state index contributed by atoms with van der Waals surface area (Å²) in [6.07, 6.45) is 35.6. The van der Waals surface area contributed by atoms with Crippen molar-refractivity contribution in [2.24, 2.45) is 0 Å². The number of aromatic nitrogens is 2. The van der Waals surface area contributed by atoms with Crippen LogP contribution in [0.5, 0.6) is 5.75 Å². The Morgan fingerprint density at radius 3 is 1.05 bits per heavy atom. The van der Waals surface area contributed by atoms with Crippen LogP contribution in [0.2, 0.25) is 0 Å². The average Bonchev–Trinajstić information content (AvgIpc) is 1.80. The molecule has 0 saturated heterocycles. The SMILES string of the molecule is CCCCCCCCCCCCCCCC(=O)NCCOCCOCCOCCOCCN(CCOCCOCCOCCOCCNC(=O)CCCCCCCCCCCCCCC)C(=O)COCCOCCOCCOc1ccc(-c2nnc(S(C)(=O)=O)o2)cc1. The summed E-state index contributed by atoms with van der Waals surface area (Å²) in [4.78, 5) is 39.3. The maximum Gasteiger partial charge on any atom is 0.335 e. The maximum absolute atomic E-state index is 13.3. The van der Waals surface area contributed by atoms with Crippen molar-refractivity contribution in [3.8, 4) is 17.2 Å². The molecule has 0 aliphatic carbocycles. The van der Waals surface area contributed by atoms with Gasteiger partial charge >= 0.3 is 5.22 Å². The fourth-order valence-corrected chi connectivity index (χ4v) is 10.0. The average molecular weight is 1340 g/mol. The fraction of sp³-hybridized carbons (Fsp3) is 0.841. The third kappa shape index (κ3) is 54.9. The van der Waals surface area contributed by atoms with Crippen LogP contribution in [0.4, 0.5) is 0 Å². The van der Waals surface area contributed by atoms with E-state index < -0.39 is 15.1 Å². The zero-order valence-electron chi connectivity index (χ0n) is 57.8. The van der Waals surface area contributed by atoms with E-state index >= 15 is 0 Å². The highest BCUT2D eigenvalue weighted by Gasteiger charge is 2.18. The van der Waals surface area contributed by atoms with Crippen LogP contribution in [-0.2, 0) is 76.3 Å². The van der Waals surface area contributed by atoms with Crippen LogP contribution < -0.4 is 15.4 Å². The van der Waals surface area contributed by atoms with E-state index in [0.29, 0.717) is 182 Å². The van der Waals surface area contributed by atoms with Gasteiger partial charge in [0.1, 0.15) is 19.0 Å². The minimum Gasteiger partial charge on any atom is -0.491 e. The second-order valence-electron chi connectivity index (χ2n) is 23.3. The molecule has 0 radical (unpaired) electrons. The summed E-state index contributed by atoms with van der Waals surface area (Å²) in [7, 11) is -3.60. The van der Waals surface area contributed by atoms with Gasteiger partial charge in [-0.15, -0.1) is 5.10 Å². The van der Waals surface area contributed by atoms with Gasteiger partial charge in [-0.25, -0.2) is 8.42 Å². The molecule has 0 aliphatic heterocycles. The van der Waals surface area contributed by atoms with Crippen LogP contribution in [0.1, 0.15) is 194 Å². The normalized spacial score (nSPS) is 11.6. The lowest BCUT2D eigenvalue weighted by atomic mass is 10.0. The smallest absolute Gasteiger partial charge is 0.335 e. The number of hydrogen-bond donors (Lipinski definition) is 2. The first-order valence-electron chi connectivity index (χ1n) is 35.6. The number of carbonyl (C=O) groups is 3. The molecule has 0 unspecified atom stereocenters. The zero-order valence-corrected chi connectivity index (χ0v) is 58.6. The number of unbranched alkanes of at least 4 members (excludes halogenated alkanes) is 24. The van der Waals surface area contributed by atoms with Gasteiger partial charge < -0.3 is 76.8 Å². The number of nitrogens with zero attached hydrogens (tertiary/aromatic N) is 3. The molecule has 0 fully saturated rings. The first-order valence-corrected chi connectivity index (χ1v) is 37.5. The third-order valence-corrected chi connectivity index (χ3v) is 15.8. The van der Waals surface area contributed by atoms with E-state index in [0.717, 1.165) is 31.9 Å². The molecule has 540 valence electrons. The molecule has 93 heavy (non-hydrogen) atoms. The molecule has 0 saturated carbocycles.